The summed E-state index contributed by atoms with van der Waals surface area (Å²) in [5.41, 5.74) is 1.47. The molecular formula is C30H44O6. The first-order valence-corrected chi connectivity index (χ1v) is 14.0. The maximum atomic E-state index is 12.8. The molecule has 2 saturated carbocycles. The van der Waals surface area contributed by atoms with E-state index in [0.717, 1.165) is 68.3 Å². The Kier molecular flexibility index (Phi) is 7.41. The Hall–Kier alpha value is -1.63. The van der Waals surface area contributed by atoms with Crippen LogP contribution in [-0.4, -0.2) is 54.8 Å². The second-order valence-corrected chi connectivity index (χ2v) is 12.5. The molecule has 1 aromatic rings. The number of esters is 1. The van der Waals surface area contributed by atoms with Gasteiger partial charge in [-0.2, -0.15) is 0 Å². The van der Waals surface area contributed by atoms with Gasteiger partial charge in [-0.1, -0.05) is 0 Å². The lowest BCUT2D eigenvalue weighted by atomic mass is 9.72. The summed E-state index contributed by atoms with van der Waals surface area (Å²) in [6, 6.07) is 5.56. The zero-order valence-corrected chi connectivity index (χ0v) is 22.7. The van der Waals surface area contributed by atoms with Gasteiger partial charge in [0.05, 0.1) is 29.5 Å². The third-order valence-electron chi connectivity index (χ3n) is 8.99. The van der Waals surface area contributed by atoms with Gasteiger partial charge in [0.15, 0.2) is 0 Å². The average Bonchev–Trinajstić information content (AvgIpc) is 3.69. The van der Waals surface area contributed by atoms with Crippen molar-refractivity contribution in [3.63, 3.8) is 0 Å². The summed E-state index contributed by atoms with van der Waals surface area (Å²) in [6.45, 7) is 11.6. The van der Waals surface area contributed by atoms with E-state index in [-0.39, 0.29) is 35.5 Å². The van der Waals surface area contributed by atoms with Gasteiger partial charge in [-0.3, -0.25) is 0 Å². The molecule has 0 spiro atoms. The van der Waals surface area contributed by atoms with Gasteiger partial charge in [0.1, 0.15) is 30.7 Å². The molecule has 2 aliphatic heterocycles. The Morgan fingerprint density at radius 3 is 1.89 bits per heavy atom. The third-order valence-corrected chi connectivity index (χ3v) is 8.99. The quantitative estimate of drug-likeness (QED) is 0.305. The highest BCUT2D eigenvalue weighted by Crippen LogP contribution is 2.41. The van der Waals surface area contributed by atoms with Crippen LogP contribution in [-0.2, 0) is 18.9 Å². The number of epoxide rings is 2. The van der Waals surface area contributed by atoms with E-state index in [2.05, 4.69) is 27.7 Å². The smallest absolute Gasteiger partial charge is 0.338 e. The minimum Gasteiger partial charge on any atom is -0.490 e. The number of benzene rings is 1. The van der Waals surface area contributed by atoms with Crippen LogP contribution >= 0.6 is 0 Å². The molecule has 0 aromatic heterocycles. The van der Waals surface area contributed by atoms with Crippen LogP contribution in [0.3, 0.4) is 0 Å². The van der Waals surface area contributed by atoms with E-state index in [1.165, 1.54) is 12.8 Å². The zero-order chi connectivity index (χ0) is 25.5. The first-order chi connectivity index (χ1) is 17.1. The van der Waals surface area contributed by atoms with Crippen molar-refractivity contribution in [1.29, 1.82) is 0 Å². The molecule has 5 rings (SSSR count). The molecule has 2 heterocycles. The van der Waals surface area contributed by atoms with Crippen LogP contribution in [0.4, 0.5) is 0 Å². The van der Waals surface area contributed by atoms with Crippen LogP contribution in [0.25, 0.3) is 0 Å². The number of carbonyl (C=O) groups excluding carboxylic acids is 1. The van der Waals surface area contributed by atoms with E-state index in [0.29, 0.717) is 18.3 Å². The van der Waals surface area contributed by atoms with Crippen molar-refractivity contribution < 1.29 is 28.5 Å². The Balaban J connectivity index is 1.01. The molecule has 2 atom stereocenters. The fourth-order valence-corrected chi connectivity index (χ4v) is 6.09. The standard InChI is InChI=1S/C30H44O6/c1-19-16-22(10-15-25(19)33-18-27-30(4,5)36-27)28(31)34-24-13-8-21(9-14-24)20-6-11-23(12-7-20)32-17-26-29(2,3)35-26/h10,15-16,20-21,23-24,26-27H,6-9,11-14,17-18H2,1-5H3. The highest BCUT2D eigenvalue weighted by Gasteiger charge is 2.49. The monoisotopic (exact) mass is 500 g/mol. The molecule has 0 bridgehead atoms. The van der Waals surface area contributed by atoms with Gasteiger partial charge in [-0.25, -0.2) is 4.79 Å². The zero-order valence-electron chi connectivity index (χ0n) is 22.7. The van der Waals surface area contributed by atoms with Crippen molar-refractivity contribution in [2.24, 2.45) is 11.8 Å². The van der Waals surface area contributed by atoms with Crippen molar-refractivity contribution in [3.05, 3.63) is 29.3 Å². The Morgan fingerprint density at radius 1 is 0.833 bits per heavy atom. The van der Waals surface area contributed by atoms with Crippen molar-refractivity contribution in [2.75, 3.05) is 13.2 Å². The predicted octanol–water partition coefficient (Wildman–Crippen LogP) is 6.02. The van der Waals surface area contributed by atoms with E-state index >= 15 is 0 Å². The molecular weight excluding hydrogens is 456 g/mol. The number of ether oxygens (including phenoxy) is 5. The van der Waals surface area contributed by atoms with Crippen LogP contribution in [0.2, 0.25) is 0 Å². The first kappa shape index (κ1) is 26.0. The third kappa shape index (κ3) is 6.25. The van der Waals surface area contributed by atoms with Gasteiger partial charge in [-0.15, -0.1) is 0 Å². The number of rotatable bonds is 9. The molecule has 0 amide bonds. The lowest BCUT2D eigenvalue weighted by molar-refractivity contribution is -0.00862. The fraction of sp³-hybridized carbons (Fsp3) is 0.767. The molecule has 0 N–H and O–H groups in total. The minimum atomic E-state index is -0.222. The number of carbonyl (C=O) groups is 1. The second-order valence-electron chi connectivity index (χ2n) is 12.5. The molecule has 6 nitrogen and oxygen atoms in total. The van der Waals surface area contributed by atoms with Gasteiger partial charge >= 0.3 is 5.97 Å². The van der Waals surface area contributed by atoms with Crippen molar-refractivity contribution >= 4 is 5.97 Å². The topological polar surface area (TPSA) is 69.8 Å². The summed E-state index contributed by atoms with van der Waals surface area (Å²) >= 11 is 0. The Labute approximate surface area is 216 Å². The average molecular weight is 501 g/mol. The summed E-state index contributed by atoms with van der Waals surface area (Å²) in [5, 5.41) is 0. The maximum absolute atomic E-state index is 12.8. The van der Waals surface area contributed by atoms with Crippen LogP contribution < -0.4 is 4.74 Å². The van der Waals surface area contributed by atoms with E-state index < -0.39 is 0 Å². The van der Waals surface area contributed by atoms with Crippen LogP contribution in [0.15, 0.2) is 18.2 Å². The number of aryl methyl sites for hydroxylation is 1. The van der Waals surface area contributed by atoms with Gasteiger partial charge in [0.2, 0.25) is 0 Å². The first-order valence-electron chi connectivity index (χ1n) is 14.0. The molecule has 4 fully saturated rings. The normalized spacial score (nSPS) is 34.6. The van der Waals surface area contributed by atoms with E-state index in [4.69, 9.17) is 23.7 Å². The predicted molar refractivity (Wildman–Crippen MR) is 137 cm³/mol. The minimum absolute atomic E-state index is 0.0129. The van der Waals surface area contributed by atoms with Crippen LogP contribution in [0.1, 0.15) is 95.0 Å². The Morgan fingerprint density at radius 2 is 1.36 bits per heavy atom. The summed E-state index contributed by atoms with van der Waals surface area (Å²) in [4.78, 5) is 12.8. The molecule has 36 heavy (non-hydrogen) atoms. The SMILES string of the molecule is Cc1cc(C(=O)OC2CCC(C3CCC(OCC4OC4(C)C)CC3)CC2)ccc1OCC1OC1(C)C. The molecule has 6 heteroatoms. The number of hydrogen-bond donors (Lipinski definition) is 0. The molecule has 2 unspecified atom stereocenters. The second kappa shape index (κ2) is 10.3. The van der Waals surface area contributed by atoms with E-state index in [9.17, 15) is 4.79 Å². The van der Waals surface area contributed by atoms with Gasteiger partial charge in [0, 0.05) is 0 Å². The summed E-state index contributed by atoms with van der Waals surface area (Å²) in [6.07, 6.45) is 9.93. The van der Waals surface area contributed by atoms with Crippen molar-refractivity contribution in [3.8, 4) is 5.75 Å². The molecule has 200 valence electrons. The van der Waals surface area contributed by atoms with Crippen molar-refractivity contribution in [2.45, 2.75) is 122 Å². The molecule has 2 saturated heterocycles. The number of hydrogen-bond acceptors (Lipinski definition) is 6. The van der Waals surface area contributed by atoms with Gasteiger partial charge < -0.3 is 23.7 Å². The fourth-order valence-electron chi connectivity index (χ4n) is 6.09. The van der Waals surface area contributed by atoms with Crippen LogP contribution in [0.5, 0.6) is 5.75 Å². The molecule has 2 aliphatic carbocycles. The maximum Gasteiger partial charge on any atom is 0.338 e. The summed E-state index contributed by atoms with van der Waals surface area (Å²) in [7, 11) is 0. The lowest BCUT2D eigenvalue weighted by Crippen LogP contribution is -2.31. The highest BCUT2D eigenvalue weighted by atomic mass is 16.6. The molecule has 1 aromatic carbocycles. The highest BCUT2D eigenvalue weighted by molar-refractivity contribution is 5.90. The molecule has 4 aliphatic rings. The van der Waals surface area contributed by atoms with E-state index in [1.54, 1.807) is 0 Å². The van der Waals surface area contributed by atoms with Crippen LogP contribution in [0, 0.1) is 18.8 Å². The summed E-state index contributed by atoms with van der Waals surface area (Å²) in [5.74, 6) is 2.12. The Bertz CT molecular complexity index is 923. The van der Waals surface area contributed by atoms with Crippen molar-refractivity contribution in [1.82, 2.24) is 0 Å². The van der Waals surface area contributed by atoms with Gasteiger partial charge in [-0.05, 0) is 122 Å². The largest absolute Gasteiger partial charge is 0.490 e. The summed E-state index contributed by atoms with van der Waals surface area (Å²) < 4.78 is 29.2. The van der Waals surface area contributed by atoms with E-state index in [1.807, 2.05) is 25.1 Å². The lowest BCUT2D eigenvalue weighted by Gasteiger charge is -2.37. The van der Waals surface area contributed by atoms with Gasteiger partial charge in [0.25, 0.3) is 0 Å². The molecule has 0 radical (unpaired) electrons.